The lowest BCUT2D eigenvalue weighted by molar-refractivity contribution is -0.880. The molecule has 0 aliphatic carbocycles. The SMILES string of the molecule is COc1cccc(-c2nc(N3CC[NH+](C)CC3)c3ccccc3n2)c1O. The number of quaternary nitrogens is 1. The van der Waals surface area contributed by atoms with Gasteiger partial charge in [0.1, 0.15) is 5.82 Å². The maximum atomic E-state index is 10.5. The normalized spacial score (nSPS) is 15.4. The summed E-state index contributed by atoms with van der Waals surface area (Å²) in [7, 11) is 3.76. The number of aromatic hydroxyl groups is 1. The standard InChI is InChI=1S/C20H22N4O2/c1-23-10-12-24(13-11-23)20-14-6-3-4-8-16(14)21-19(22-20)15-7-5-9-17(26-2)18(15)25/h3-9,25H,10-13H2,1-2H3/p+1. The van der Waals surface area contributed by atoms with Crippen molar-refractivity contribution in [3.63, 3.8) is 0 Å². The van der Waals surface area contributed by atoms with Gasteiger partial charge >= 0.3 is 0 Å². The summed E-state index contributed by atoms with van der Waals surface area (Å²) in [4.78, 5) is 13.4. The number of ether oxygens (including phenoxy) is 1. The Morgan fingerprint density at radius 2 is 1.81 bits per heavy atom. The van der Waals surface area contributed by atoms with Gasteiger partial charge in [-0.15, -0.1) is 0 Å². The molecule has 1 aliphatic rings. The predicted molar refractivity (Wildman–Crippen MR) is 102 cm³/mol. The fourth-order valence-corrected chi connectivity index (χ4v) is 3.39. The van der Waals surface area contributed by atoms with E-state index < -0.39 is 0 Å². The molecule has 0 radical (unpaired) electrons. The van der Waals surface area contributed by atoms with Crippen molar-refractivity contribution < 1.29 is 14.7 Å². The van der Waals surface area contributed by atoms with Crippen LogP contribution in [0, 0.1) is 0 Å². The zero-order valence-electron chi connectivity index (χ0n) is 15.1. The molecule has 6 nitrogen and oxygen atoms in total. The number of rotatable bonds is 3. The quantitative estimate of drug-likeness (QED) is 0.746. The van der Waals surface area contributed by atoms with E-state index >= 15 is 0 Å². The molecule has 1 aliphatic heterocycles. The Morgan fingerprint density at radius 1 is 1.04 bits per heavy atom. The van der Waals surface area contributed by atoms with Crippen LogP contribution in [0.15, 0.2) is 42.5 Å². The molecule has 0 spiro atoms. The Balaban J connectivity index is 1.87. The van der Waals surface area contributed by atoms with Gasteiger partial charge in [-0.2, -0.15) is 0 Å². The van der Waals surface area contributed by atoms with Gasteiger partial charge < -0.3 is 19.6 Å². The molecule has 2 N–H and O–H groups in total. The van der Waals surface area contributed by atoms with Crippen molar-refractivity contribution in [1.29, 1.82) is 0 Å². The average molecular weight is 351 g/mol. The summed E-state index contributed by atoms with van der Waals surface area (Å²) in [6, 6.07) is 13.4. The van der Waals surface area contributed by atoms with Crippen molar-refractivity contribution >= 4 is 16.7 Å². The van der Waals surface area contributed by atoms with Crippen molar-refractivity contribution in [2.24, 2.45) is 0 Å². The fourth-order valence-electron chi connectivity index (χ4n) is 3.39. The van der Waals surface area contributed by atoms with E-state index in [0.29, 0.717) is 17.1 Å². The highest BCUT2D eigenvalue weighted by atomic mass is 16.5. The van der Waals surface area contributed by atoms with Crippen LogP contribution in [0.5, 0.6) is 11.5 Å². The van der Waals surface area contributed by atoms with Gasteiger partial charge in [-0.25, -0.2) is 9.97 Å². The molecule has 1 fully saturated rings. The largest absolute Gasteiger partial charge is 0.504 e. The molecule has 4 rings (SSSR count). The zero-order chi connectivity index (χ0) is 18.1. The molecule has 2 heterocycles. The van der Waals surface area contributed by atoms with Crippen molar-refractivity contribution in [2.45, 2.75) is 0 Å². The van der Waals surface area contributed by atoms with E-state index in [9.17, 15) is 5.11 Å². The molecule has 134 valence electrons. The zero-order valence-corrected chi connectivity index (χ0v) is 15.1. The molecular formula is C20H23N4O2+. The lowest BCUT2D eigenvalue weighted by Gasteiger charge is -2.31. The van der Waals surface area contributed by atoms with Gasteiger partial charge in [0.05, 0.1) is 51.4 Å². The number of phenols is 1. The van der Waals surface area contributed by atoms with Gasteiger partial charge in [-0.05, 0) is 24.3 Å². The molecule has 1 aromatic heterocycles. The molecule has 0 atom stereocenters. The monoisotopic (exact) mass is 351 g/mol. The van der Waals surface area contributed by atoms with Crippen LogP contribution in [-0.4, -0.2) is 55.4 Å². The van der Waals surface area contributed by atoms with Gasteiger partial charge in [-0.1, -0.05) is 18.2 Å². The van der Waals surface area contributed by atoms with Gasteiger partial charge in [-0.3, -0.25) is 0 Å². The Labute approximate surface area is 152 Å². The van der Waals surface area contributed by atoms with E-state index in [2.05, 4.69) is 18.0 Å². The molecule has 6 heteroatoms. The second-order valence-corrected chi connectivity index (χ2v) is 6.69. The van der Waals surface area contributed by atoms with E-state index in [1.54, 1.807) is 6.07 Å². The van der Waals surface area contributed by atoms with E-state index in [-0.39, 0.29) is 5.75 Å². The van der Waals surface area contributed by atoms with Crippen molar-refractivity contribution in [1.82, 2.24) is 9.97 Å². The van der Waals surface area contributed by atoms with Crippen LogP contribution in [0.1, 0.15) is 0 Å². The van der Waals surface area contributed by atoms with Gasteiger partial charge in [0.2, 0.25) is 0 Å². The summed E-state index contributed by atoms with van der Waals surface area (Å²) in [5.74, 6) is 1.93. The second kappa shape index (κ2) is 6.80. The molecule has 0 amide bonds. The summed E-state index contributed by atoms with van der Waals surface area (Å²) in [6.07, 6.45) is 0. The third-order valence-electron chi connectivity index (χ3n) is 4.96. The highest BCUT2D eigenvalue weighted by Crippen LogP contribution is 2.37. The minimum atomic E-state index is 0.0686. The maximum absolute atomic E-state index is 10.5. The Morgan fingerprint density at radius 3 is 2.58 bits per heavy atom. The first-order chi connectivity index (χ1) is 12.7. The van der Waals surface area contributed by atoms with Gasteiger partial charge in [0.15, 0.2) is 17.3 Å². The van der Waals surface area contributed by atoms with E-state index in [0.717, 1.165) is 42.9 Å². The van der Waals surface area contributed by atoms with Crippen LogP contribution in [0.4, 0.5) is 5.82 Å². The molecule has 2 aromatic carbocycles. The van der Waals surface area contributed by atoms with Crippen molar-refractivity contribution in [3.8, 4) is 22.9 Å². The van der Waals surface area contributed by atoms with Crippen molar-refractivity contribution in [2.75, 3.05) is 45.2 Å². The van der Waals surface area contributed by atoms with Crippen LogP contribution >= 0.6 is 0 Å². The van der Waals surface area contributed by atoms with Gasteiger partial charge in [0.25, 0.3) is 0 Å². The summed E-state index contributed by atoms with van der Waals surface area (Å²) < 4.78 is 5.23. The number of nitrogens with one attached hydrogen (secondary N) is 1. The lowest BCUT2D eigenvalue weighted by atomic mass is 10.1. The van der Waals surface area contributed by atoms with Crippen LogP contribution in [0.2, 0.25) is 0 Å². The summed E-state index contributed by atoms with van der Waals surface area (Å²) >= 11 is 0. The number of fused-ring (bicyclic) bond motifs is 1. The number of benzene rings is 2. The summed E-state index contributed by atoms with van der Waals surface area (Å²) in [5, 5.41) is 11.6. The number of piperazine rings is 1. The second-order valence-electron chi connectivity index (χ2n) is 6.69. The topological polar surface area (TPSA) is 62.9 Å². The number of methoxy groups -OCH3 is 1. The van der Waals surface area contributed by atoms with E-state index in [1.165, 1.54) is 12.0 Å². The highest BCUT2D eigenvalue weighted by molar-refractivity contribution is 5.91. The van der Waals surface area contributed by atoms with Gasteiger partial charge in [0, 0.05) is 5.39 Å². The number of likely N-dealkylation sites (N-methyl/N-ethyl adjacent to an activating group) is 1. The maximum Gasteiger partial charge on any atom is 0.168 e. The predicted octanol–water partition coefficient (Wildman–Crippen LogP) is 1.35. The number of phenolic OH excluding ortho intramolecular Hbond substituents is 1. The third kappa shape index (κ3) is 2.93. The Hall–Kier alpha value is -2.86. The first-order valence-corrected chi connectivity index (χ1v) is 8.86. The first-order valence-electron chi connectivity index (χ1n) is 8.86. The molecule has 26 heavy (non-hydrogen) atoms. The minimum absolute atomic E-state index is 0.0686. The average Bonchev–Trinajstić information content (AvgIpc) is 2.68. The third-order valence-corrected chi connectivity index (χ3v) is 4.96. The first kappa shape index (κ1) is 16.6. The van der Waals surface area contributed by atoms with Crippen LogP contribution in [0.3, 0.4) is 0 Å². The number of hydrogen-bond donors (Lipinski definition) is 2. The van der Waals surface area contributed by atoms with Crippen LogP contribution in [-0.2, 0) is 0 Å². The Bertz CT molecular complexity index is 936. The number of para-hydroxylation sites is 2. The summed E-state index contributed by atoms with van der Waals surface area (Å²) in [6.45, 7) is 4.07. The molecule has 0 unspecified atom stereocenters. The van der Waals surface area contributed by atoms with Crippen LogP contribution in [0.25, 0.3) is 22.3 Å². The summed E-state index contributed by atoms with van der Waals surface area (Å²) in [5.41, 5.74) is 1.46. The molecule has 0 saturated carbocycles. The van der Waals surface area contributed by atoms with E-state index in [4.69, 9.17) is 14.7 Å². The molecule has 3 aromatic rings. The highest BCUT2D eigenvalue weighted by Gasteiger charge is 2.22. The van der Waals surface area contributed by atoms with Crippen LogP contribution < -0.4 is 14.5 Å². The van der Waals surface area contributed by atoms with E-state index in [1.807, 2.05) is 30.3 Å². The smallest absolute Gasteiger partial charge is 0.168 e. The van der Waals surface area contributed by atoms with Crippen molar-refractivity contribution in [3.05, 3.63) is 42.5 Å². The number of anilines is 1. The molecule has 1 saturated heterocycles. The number of aromatic nitrogens is 2. The number of hydrogen-bond acceptors (Lipinski definition) is 5. The minimum Gasteiger partial charge on any atom is -0.504 e. The number of nitrogens with zero attached hydrogens (tertiary/aromatic N) is 3. The molecular weight excluding hydrogens is 328 g/mol. The fraction of sp³-hybridized carbons (Fsp3) is 0.300. The molecule has 0 bridgehead atoms. The Kier molecular flexibility index (Phi) is 4.34. The lowest BCUT2D eigenvalue weighted by Crippen LogP contribution is -3.12.